The highest BCUT2D eigenvalue weighted by atomic mass is 32.2. The van der Waals surface area contributed by atoms with Gasteiger partial charge in [0.1, 0.15) is 24.1 Å². The van der Waals surface area contributed by atoms with Crippen LogP contribution in [0.5, 0.6) is 5.75 Å². The molecule has 2 heterocycles. The Morgan fingerprint density at radius 3 is 2.31 bits per heavy atom. The second kappa shape index (κ2) is 24.0. The quantitative estimate of drug-likeness (QED) is 0.297. The molecule has 48 heavy (non-hydrogen) atoms. The van der Waals surface area contributed by atoms with Crippen LogP contribution < -0.4 is 15.8 Å². The molecule has 2 aliphatic heterocycles. The Labute approximate surface area is 292 Å². The van der Waals surface area contributed by atoms with Crippen molar-refractivity contribution in [2.75, 3.05) is 52.9 Å². The number of amides is 4. The van der Waals surface area contributed by atoms with Gasteiger partial charge in [0.2, 0.25) is 24.1 Å². The Balaban J connectivity index is 0.000000986. The third kappa shape index (κ3) is 16.8. The third-order valence-corrected chi connectivity index (χ3v) is 8.56. The molecule has 3 unspecified atom stereocenters. The van der Waals surface area contributed by atoms with E-state index >= 15 is 0 Å². The summed E-state index contributed by atoms with van der Waals surface area (Å²) in [5.74, 6) is 0.378. The predicted octanol–water partition coefficient (Wildman–Crippen LogP) is 3.15. The number of rotatable bonds is 13. The molecule has 0 aromatic heterocycles. The number of carbonyl (C=O) groups excluding carboxylic acids is 5. The Morgan fingerprint density at radius 1 is 1.19 bits per heavy atom. The molecule has 3 rings (SSSR count). The Kier molecular flexibility index (Phi) is 22.5. The van der Waals surface area contributed by atoms with Crippen LogP contribution in [0.1, 0.15) is 72.8 Å². The highest BCUT2D eigenvalue weighted by Crippen LogP contribution is 2.25. The van der Waals surface area contributed by atoms with Crippen molar-refractivity contribution >= 4 is 42.2 Å². The molecule has 0 aliphatic carbocycles. The van der Waals surface area contributed by atoms with Gasteiger partial charge in [0.05, 0.1) is 24.0 Å². The van der Waals surface area contributed by atoms with Crippen LogP contribution >= 0.6 is 11.8 Å². The molecule has 0 radical (unpaired) electrons. The normalized spacial score (nSPS) is 17.9. The molecule has 0 bridgehead atoms. The van der Waals surface area contributed by atoms with Crippen LogP contribution in [0.15, 0.2) is 24.3 Å². The number of benzene rings is 1. The van der Waals surface area contributed by atoms with Crippen molar-refractivity contribution in [1.29, 1.82) is 0 Å². The number of carbonyl (C=O) groups is 5. The zero-order chi connectivity index (χ0) is 36.9. The van der Waals surface area contributed by atoms with Gasteiger partial charge in [-0.15, -0.1) is 0 Å². The van der Waals surface area contributed by atoms with Gasteiger partial charge in [-0.1, -0.05) is 32.0 Å². The highest BCUT2D eigenvalue weighted by molar-refractivity contribution is 7.99. The maximum atomic E-state index is 12.6. The number of thioether (sulfide) groups is 1. The van der Waals surface area contributed by atoms with Crippen LogP contribution in [0.3, 0.4) is 0 Å². The lowest BCUT2D eigenvalue weighted by Crippen LogP contribution is -2.52. The number of methoxy groups -OCH3 is 1. The number of nitrogens with one attached hydrogen (secondary N) is 1. The molecule has 12 nitrogen and oxygen atoms in total. The van der Waals surface area contributed by atoms with E-state index in [9.17, 15) is 24.0 Å². The topological polar surface area (TPSA) is 152 Å². The molecule has 1 aromatic rings. The van der Waals surface area contributed by atoms with E-state index in [0.29, 0.717) is 32.1 Å². The number of likely N-dealkylation sites (tertiary alicyclic amines) is 1. The van der Waals surface area contributed by atoms with Crippen molar-refractivity contribution in [3.63, 3.8) is 0 Å². The lowest BCUT2D eigenvalue weighted by molar-refractivity contribution is -0.134. The van der Waals surface area contributed by atoms with Crippen LogP contribution in [0.2, 0.25) is 0 Å². The molecule has 274 valence electrons. The molecule has 1 fully saturated rings. The van der Waals surface area contributed by atoms with Crippen LogP contribution in [0.4, 0.5) is 0 Å². The average molecular weight is 696 g/mol. The lowest BCUT2D eigenvalue weighted by atomic mass is 10.1. The van der Waals surface area contributed by atoms with E-state index in [4.69, 9.17) is 15.2 Å². The standard InChI is InChI=1S/C19H33N5O5S.C9H10O.C5H12O.C2H6/c1-13(22(2)12-26)19(29)21-14(10-25)9-24(17(27)11-30-4)8-7-15-5-6-16(18(20)28)23(15)3;1-2-6-9-8(4-1)5-3-7-10-9;1-5(2,3)6-4;1-2/h10,12-16H,5-9,11H2,1-4H3,(H2,20,28)(H,21,29);1-2,4,6H,3,5,7H2;1-4H3;1-2H3/t13-,14?,15?,16?;;;/m0.../s1. The fourth-order valence-electron chi connectivity index (χ4n) is 4.78. The van der Waals surface area contributed by atoms with Crippen molar-refractivity contribution in [3.05, 3.63) is 29.8 Å². The molecule has 0 saturated carbocycles. The summed E-state index contributed by atoms with van der Waals surface area (Å²) in [6.45, 7) is 12.9. The number of aryl methyl sites for hydroxylation is 1. The fourth-order valence-corrected chi connectivity index (χ4v) is 5.21. The number of primary amides is 1. The smallest absolute Gasteiger partial charge is 0.243 e. The minimum absolute atomic E-state index is 0.0417. The number of likely N-dealkylation sites (N-methyl/N-ethyl adjacent to an activating group) is 2. The van der Waals surface area contributed by atoms with E-state index in [1.807, 2.05) is 65.0 Å². The molecule has 0 spiro atoms. The van der Waals surface area contributed by atoms with Crippen LogP contribution in [-0.4, -0.2) is 128 Å². The van der Waals surface area contributed by atoms with Crippen molar-refractivity contribution < 1.29 is 33.4 Å². The molecule has 4 atom stereocenters. The first kappa shape index (κ1) is 44.8. The number of ether oxygens (including phenoxy) is 2. The summed E-state index contributed by atoms with van der Waals surface area (Å²) in [4.78, 5) is 63.4. The first-order chi connectivity index (χ1) is 22.7. The van der Waals surface area contributed by atoms with E-state index in [1.54, 1.807) is 18.9 Å². The van der Waals surface area contributed by atoms with Gasteiger partial charge < -0.3 is 35.1 Å². The average Bonchev–Trinajstić information content (AvgIpc) is 3.46. The lowest BCUT2D eigenvalue weighted by Gasteiger charge is -2.30. The molecule has 13 heteroatoms. The van der Waals surface area contributed by atoms with E-state index in [1.165, 1.54) is 35.7 Å². The zero-order valence-corrected chi connectivity index (χ0v) is 31.6. The van der Waals surface area contributed by atoms with Gasteiger partial charge in [-0.2, -0.15) is 11.8 Å². The van der Waals surface area contributed by atoms with Crippen LogP contribution in [-0.2, 0) is 35.1 Å². The maximum absolute atomic E-state index is 12.6. The van der Waals surface area contributed by atoms with E-state index < -0.39 is 18.0 Å². The van der Waals surface area contributed by atoms with Gasteiger partial charge in [-0.3, -0.25) is 24.1 Å². The first-order valence-corrected chi connectivity index (χ1v) is 18.0. The monoisotopic (exact) mass is 695 g/mol. The molecule has 1 saturated heterocycles. The minimum Gasteiger partial charge on any atom is -0.493 e. The number of aldehydes is 1. The Bertz CT molecular complexity index is 1090. The van der Waals surface area contributed by atoms with E-state index in [2.05, 4.69) is 17.4 Å². The van der Waals surface area contributed by atoms with Crippen molar-refractivity contribution in [3.8, 4) is 5.75 Å². The summed E-state index contributed by atoms with van der Waals surface area (Å²) in [5, 5.41) is 2.59. The van der Waals surface area contributed by atoms with Gasteiger partial charge in [0, 0.05) is 33.3 Å². The minimum atomic E-state index is -0.884. The van der Waals surface area contributed by atoms with Gasteiger partial charge >= 0.3 is 0 Å². The fraction of sp³-hybridized carbons (Fsp3) is 0.686. The summed E-state index contributed by atoms with van der Waals surface area (Å²) < 4.78 is 10.4. The summed E-state index contributed by atoms with van der Waals surface area (Å²) >= 11 is 1.38. The third-order valence-electron chi connectivity index (χ3n) is 8.02. The van der Waals surface area contributed by atoms with E-state index in [0.717, 1.165) is 25.2 Å². The number of fused-ring (bicyclic) bond motifs is 1. The van der Waals surface area contributed by atoms with Gasteiger partial charge in [0.15, 0.2) is 0 Å². The van der Waals surface area contributed by atoms with Crippen LogP contribution in [0, 0.1) is 0 Å². The number of hydrogen-bond donors (Lipinski definition) is 2. The second-order valence-electron chi connectivity index (χ2n) is 12.5. The van der Waals surface area contributed by atoms with E-state index in [-0.39, 0.29) is 41.8 Å². The number of para-hydroxylation sites is 1. The summed E-state index contributed by atoms with van der Waals surface area (Å²) in [7, 11) is 5.03. The summed E-state index contributed by atoms with van der Waals surface area (Å²) in [6.07, 6.45) is 7.40. The largest absolute Gasteiger partial charge is 0.493 e. The van der Waals surface area contributed by atoms with Crippen molar-refractivity contribution in [2.45, 2.75) is 103 Å². The Hall–Kier alpha value is -3.16. The zero-order valence-electron chi connectivity index (χ0n) is 30.8. The molecular formula is C35H61N5O7S. The van der Waals surface area contributed by atoms with Gasteiger partial charge in [-0.05, 0) is 84.7 Å². The van der Waals surface area contributed by atoms with Gasteiger partial charge in [0.25, 0.3) is 0 Å². The molecule has 1 aromatic carbocycles. The van der Waals surface area contributed by atoms with Crippen LogP contribution in [0.25, 0.3) is 0 Å². The van der Waals surface area contributed by atoms with Gasteiger partial charge in [-0.25, -0.2) is 0 Å². The SMILES string of the molecule is CC.COC(C)(C)C.CSCC(=O)N(CCC1CCC(C(N)=O)N1C)CC(C=O)NC(=O)[C@H](C)N(C)C=O.c1ccc2c(c1)CCCO2. The highest BCUT2D eigenvalue weighted by Gasteiger charge is 2.34. The maximum Gasteiger partial charge on any atom is 0.243 e. The molecule has 4 amide bonds. The summed E-state index contributed by atoms with van der Waals surface area (Å²) in [5.41, 5.74) is 6.82. The second-order valence-corrected chi connectivity index (χ2v) is 13.3. The molecule has 3 N–H and O–H groups in total. The van der Waals surface area contributed by atoms with Crippen molar-refractivity contribution in [1.82, 2.24) is 20.0 Å². The summed E-state index contributed by atoms with van der Waals surface area (Å²) in [6, 6.07) is 6.44. The Morgan fingerprint density at radius 2 is 1.81 bits per heavy atom. The number of nitrogens with two attached hydrogens (primary N) is 1. The number of nitrogens with zero attached hydrogens (tertiary/aromatic N) is 3. The predicted molar refractivity (Wildman–Crippen MR) is 193 cm³/mol. The molecule has 2 aliphatic rings. The van der Waals surface area contributed by atoms with Crippen molar-refractivity contribution in [2.24, 2.45) is 5.73 Å². The number of hydrogen-bond acceptors (Lipinski definition) is 9. The first-order valence-electron chi connectivity index (χ1n) is 16.7. The molecular weight excluding hydrogens is 634 g/mol.